The molecule has 0 atom stereocenters. The van der Waals surface area contributed by atoms with Gasteiger partial charge in [0.05, 0.1) is 12.3 Å². The number of amides is 3. The molecule has 0 unspecified atom stereocenters. The lowest BCUT2D eigenvalue weighted by molar-refractivity contribution is 0.0937. The molecule has 2 heterocycles. The molecule has 0 aliphatic carbocycles. The Morgan fingerprint density at radius 2 is 2.19 bits per heavy atom. The number of pyridine rings is 1. The average molecular weight is 372 g/mol. The van der Waals surface area contributed by atoms with Crippen LogP contribution in [0.4, 0.5) is 16.2 Å². The van der Waals surface area contributed by atoms with E-state index in [2.05, 4.69) is 15.6 Å². The van der Waals surface area contributed by atoms with E-state index in [1.54, 1.807) is 54.2 Å². The number of carbonyl (C=O) groups is 2. The van der Waals surface area contributed by atoms with Crippen LogP contribution in [-0.2, 0) is 4.74 Å². The summed E-state index contributed by atoms with van der Waals surface area (Å²) in [7, 11) is 1.58. The molecule has 8 heteroatoms. The normalized spacial score (nSPS) is 13.0. The number of fused-ring (bicyclic) bond motifs is 1. The molecule has 1 aliphatic rings. The van der Waals surface area contributed by atoms with Crippen molar-refractivity contribution in [2.45, 2.75) is 5.03 Å². The van der Waals surface area contributed by atoms with Gasteiger partial charge >= 0.3 is 6.03 Å². The Kier molecular flexibility index (Phi) is 6.08. The van der Waals surface area contributed by atoms with E-state index >= 15 is 0 Å². The summed E-state index contributed by atoms with van der Waals surface area (Å²) in [6.45, 7) is 1.48. The van der Waals surface area contributed by atoms with E-state index < -0.39 is 0 Å². The molecule has 136 valence electrons. The van der Waals surface area contributed by atoms with Crippen molar-refractivity contribution in [1.29, 1.82) is 0 Å². The minimum absolute atomic E-state index is 0.206. The number of hydrogen-bond donors (Lipinski definition) is 2. The first-order chi connectivity index (χ1) is 12.7. The summed E-state index contributed by atoms with van der Waals surface area (Å²) in [4.78, 5) is 30.8. The second-order valence-corrected chi connectivity index (χ2v) is 6.67. The smallest absolute Gasteiger partial charge is 0.326 e. The van der Waals surface area contributed by atoms with Crippen LogP contribution in [0, 0.1) is 0 Å². The summed E-state index contributed by atoms with van der Waals surface area (Å²) in [5.41, 5.74) is 1.85. The fourth-order valence-electron chi connectivity index (χ4n) is 2.56. The molecule has 0 fully saturated rings. The van der Waals surface area contributed by atoms with Gasteiger partial charge in [0, 0.05) is 43.4 Å². The van der Waals surface area contributed by atoms with Crippen molar-refractivity contribution in [2.24, 2.45) is 0 Å². The van der Waals surface area contributed by atoms with Gasteiger partial charge in [-0.1, -0.05) is 6.07 Å². The monoisotopic (exact) mass is 372 g/mol. The SMILES string of the molecule is COCCNC(=O)c1cccc(NC(=O)N2CCSc3ncccc32)c1. The molecule has 3 rings (SSSR count). The molecule has 3 amide bonds. The zero-order valence-electron chi connectivity index (χ0n) is 14.4. The van der Waals surface area contributed by atoms with Crippen molar-refractivity contribution in [3.63, 3.8) is 0 Å². The second-order valence-electron chi connectivity index (χ2n) is 5.59. The lowest BCUT2D eigenvalue weighted by Crippen LogP contribution is -2.39. The quantitative estimate of drug-likeness (QED) is 0.788. The Morgan fingerprint density at radius 3 is 3.04 bits per heavy atom. The van der Waals surface area contributed by atoms with Gasteiger partial charge in [0.15, 0.2) is 0 Å². The number of benzene rings is 1. The zero-order chi connectivity index (χ0) is 18.4. The number of urea groups is 1. The Balaban J connectivity index is 1.69. The largest absolute Gasteiger partial charge is 0.383 e. The van der Waals surface area contributed by atoms with Crippen molar-refractivity contribution < 1.29 is 14.3 Å². The van der Waals surface area contributed by atoms with Gasteiger partial charge in [-0.2, -0.15) is 0 Å². The fraction of sp³-hybridized carbons (Fsp3) is 0.278. The summed E-state index contributed by atoms with van der Waals surface area (Å²) in [6.07, 6.45) is 1.72. The maximum absolute atomic E-state index is 12.7. The molecule has 1 aliphatic heterocycles. The van der Waals surface area contributed by atoms with Crippen molar-refractivity contribution in [2.75, 3.05) is 42.8 Å². The molecule has 26 heavy (non-hydrogen) atoms. The van der Waals surface area contributed by atoms with Crippen LogP contribution in [0.15, 0.2) is 47.6 Å². The highest BCUT2D eigenvalue weighted by atomic mass is 32.2. The van der Waals surface area contributed by atoms with Crippen molar-refractivity contribution in [3.8, 4) is 0 Å². The standard InChI is InChI=1S/C18H20N4O3S/c1-25-10-8-19-16(23)13-4-2-5-14(12-13)21-18(24)22-9-11-26-17-15(22)6-3-7-20-17/h2-7,12H,8-11H2,1H3,(H,19,23)(H,21,24). The molecule has 0 radical (unpaired) electrons. The van der Waals surface area contributed by atoms with Gasteiger partial charge in [0.25, 0.3) is 5.91 Å². The summed E-state index contributed by atoms with van der Waals surface area (Å²) in [5, 5.41) is 6.47. The topological polar surface area (TPSA) is 83.6 Å². The first-order valence-electron chi connectivity index (χ1n) is 8.22. The highest BCUT2D eigenvalue weighted by Crippen LogP contribution is 2.32. The van der Waals surface area contributed by atoms with Gasteiger partial charge in [-0.25, -0.2) is 9.78 Å². The number of hydrogen-bond acceptors (Lipinski definition) is 5. The molecule has 0 saturated heterocycles. The number of ether oxygens (including phenoxy) is 1. The van der Waals surface area contributed by atoms with Crippen LogP contribution >= 0.6 is 11.8 Å². The van der Waals surface area contributed by atoms with E-state index in [0.29, 0.717) is 30.9 Å². The number of aromatic nitrogens is 1. The van der Waals surface area contributed by atoms with Crippen molar-refractivity contribution in [1.82, 2.24) is 10.3 Å². The van der Waals surface area contributed by atoms with E-state index in [-0.39, 0.29) is 11.9 Å². The average Bonchev–Trinajstić information content (AvgIpc) is 2.68. The van der Waals surface area contributed by atoms with Gasteiger partial charge < -0.3 is 15.4 Å². The van der Waals surface area contributed by atoms with E-state index in [0.717, 1.165) is 16.5 Å². The Morgan fingerprint density at radius 1 is 1.31 bits per heavy atom. The number of carbonyl (C=O) groups excluding carboxylic acids is 2. The van der Waals surface area contributed by atoms with Crippen LogP contribution in [0.3, 0.4) is 0 Å². The molecule has 0 spiro atoms. The number of anilines is 2. The van der Waals surface area contributed by atoms with Crippen molar-refractivity contribution in [3.05, 3.63) is 48.2 Å². The number of methoxy groups -OCH3 is 1. The van der Waals surface area contributed by atoms with Gasteiger partial charge in [-0.15, -0.1) is 11.8 Å². The van der Waals surface area contributed by atoms with Gasteiger partial charge in [0.1, 0.15) is 5.03 Å². The van der Waals surface area contributed by atoms with Crippen LogP contribution in [0.1, 0.15) is 10.4 Å². The predicted octanol–water partition coefficient (Wildman–Crippen LogP) is 2.60. The lowest BCUT2D eigenvalue weighted by atomic mass is 10.2. The summed E-state index contributed by atoms with van der Waals surface area (Å²) < 4.78 is 4.92. The van der Waals surface area contributed by atoms with E-state index in [1.807, 2.05) is 12.1 Å². The molecule has 0 bridgehead atoms. The summed E-state index contributed by atoms with van der Waals surface area (Å²) in [6, 6.07) is 10.3. The lowest BCUT2D eigenvalue weighted by Gasteiger charge is -2.28. The fourth-order valence-corrected chi connectivity index (χ4v) is 3.49. The predicted molar refractivity (Wildman–Crippen MR) is 102 cm³/mol. The first-order valence-corrected chi connectivity index (χ1v) is 9.21. The number of thioether (sulfide) groups is 1. The molecule has 2 N–H and O–H groups in total. The van der Waals surface area contributed by atoms with E-state index in [1.165, 1.54) is 0 Å². The Bertz CT molecular complexity index is 800. The maximum Gasteiger partial charge on any atom is 0.326 e. The first kappa shape index (κ1) is 18.2. The molecule has 2 aromatic rings. The third kappa shape index (κ3) is 4.33. The molecule has 1 aromatic carbocycles. The van der Waals surface area contributed by atoms with Gasteiger partial charge in [-0.3, -0.25) is 9.69 Å². The number of rotatable bonds is 5. The Labute approximate surface area is 156 Å². The van der Waals surface area contributed by atoms with Crippen molar-refractivity contribution >= 4 is 35.1 Å². The Hall–Kier alpha value is -2.58. The van der Waals surface area contributed by atoms with Gasteiger partial charge in [0.2, 0.25) is 0 Å². The van der Waals surface area contributed by atoms with Crippen LogP contribution in [0.2, 0.25) is 0 Å². The minimum atomic E-state index is -0.239. The molecule has 7 nitrogen and oxygen atoms in total. The highest BCUT2D eigenvalue weighted by Gasteiger charge is 2.23. The second kappa shape index (κ2) is 8.68. The summed E-state index contributed by atoms with van der Waals surface area (Å²) in [5.74, 6) is 0.585. The molecular formula is C18H20N4O3S. The zero-order valence-corrected chi connectivity index (χ0v) is 15.2. The number of nitrogens with one attached hydrogen (secondary N) is 2. The minimum Gasteiger partial charge on any atom is -0.383 e. The number of nitrogens with zero attached hydrogens (tertiary/aromatic N) is 2. The third-order valence-electron chi connectivity index (χ3n) is 3.81. The highest BCUT2D eigenvalue weighted by molar-refractivity contribution is 7.99. The molecular weight excluding hydrogens is 352 g/mol. The summed E-state index contributed by atoms with van der Waals surface area (Å²) >= 11 is 1.64. The van der Waals surface area contributed by atoms with Crippen LogP contribution in [-0.4, -0.2) is 49.5 Å². The molecule has 1 aromatic heterocycles. The van der Waals surface area contributed by atoms with Gasteiger partial charge in [-0.05, 0) is 30.3 Å². The van der Waals surface area contributed by atoms with Crippen LogP contribution < -0.4 is 15.5 Å². The van der Waals surface area contributed by atoms with E-state index in [9.17, 15) is 9.59 Å². The van der Waals surface area contributed by atoms with E-state index in [4.69, 9.17) is 4.74 Å². The van der Waals surface area contributed by atoms with Crippen LogP contribution in [0.5, 0.6) is 0 Å². The molecule has 0 saturated carbocycles. The third-order valence-corrected chi connectivity index (χ3v) is 4.78. The van der Waals surface area contributed by atoms with Crippen LogP contribution in [0.25, 0.3) is 0 Å². The maximum atomic E-state index is 12.7.